The minimum Gasteiger partial charge on any atom is -0.395 e. The van der Waals surface area contributed by atoms with E-state index in [2.05, 4.69) is 20.7 Å². The normalized spacial score (nSPS) is 15.7. The highest BCUT2D eigenvalue weighted by Crippen LogP contribution is 2.33. The van der Waals surface area contributed by atoms with Gasteiger partial charge < -0.3 is 20.6 Å². The van der Waals surface area contributed by atoms with Crippen LogP contribution < -0.4 is 15.5 Å². The van der Waals surface area contributed by atoms with E-state index in [1.54, 1.807) is 6.07 Å². The predicted molar refractivity (Wildman–Crippen MR) is 118 cm³/mol. The number of nitrogens with one attached hydrogen (secondary N) is 2. The van der Waals surface area contributed by atoms with Gasteiger partial charge in [-0.2, -0.15) is 18.3 Å². The average molecular weight is 474 g/mol. The number of halogens is 3. The summed E-state index contributed by atoms with van der Waals surface area (Å²) in [7, 11) is 0. The number of nitrogens with zero attached hydrogens (tertiary/aromatic N) is 4. The highest BCUT2D eigenvalue weighted by atomic mass is 19.4. The first-order chi connectivity index (χ1) is 16.2. The van der Waals surface area contributed by atoms with Gasteiger partial charge in [-0.1, -0.05) is 0 Å². The van der Waals surface area contributed by atoms with Crippen LogP contribution in [-0.4, -0.2) is 51.4 Å². The molecule has 0 fully saturated rings. The van der Waals surface area contributed by atoms with Crippen LogP contribution in [0.1, 0.15) is 39.4 Å². The molecule has 3 heterocycles. The molecule has 12 heteroatoms. The van der Waals surface area contributed by atoms with Gasteiger partial charge in [-0.3, -0.25) is 14.3 Å². The fraction of sp³-hybridized carbons (Fsp3) is 0.273. The number of rotatable bonds is 6. The lowest BCUT2D eigenvalue weighted by Crippen LogP contribution is -2.43. The van der Waals surface area contributed by atoms with Gasteiger partial charge in [0.1, 0.15) is 5.82 Å². The molecule has 0 radical (unpaired) electrons. The number of fused-ring (bicyclic) bond motifs is 1. The van der Waals surface area contributed by atoms with Gasteiger partial charge in [0.15, 0.2) is 5.69 Å². The molecule has 0 unspecified atom stereocenters. The van der Waals surface area contributed by atoms with Crippen LogP contribution in [0.25, 0.3) is 0 Å². The second-order valence-electron chi connectivity index (χ2n) is 7.66. The van der Waals surface area contributed by atoms with Crippen LogP contribution in [0.4, 0.5) is 30.4 Å². The Balaban J connectivity index is 1.61. The largest absolute Gasteiger partial charge is 0.416 e. The summed E-state index contributed by atoms with van der Waals surface area (Å²) in [5, 5.41) is 18.8. The zero-order valence-electron chi connectivity index (χ0n) is 18.0. The molecular formula is C22H21F3N6O3. The Hall–Kier alpha value is -3.93. The van der Waals surface area contributed by atoms with Crippen LogP contribution in [0.3, 0.4) is 0 Å². The molecule has 1 aliphatic heterocycles. The second kappa shape index (κ2) is 9.14. The summed E-state index contributed by atoms with van der Waals surface area (Å²) in [6.45, 7) is 2.05. The molecule has 1 aliphatic rings. The van der Waals surface area contributed by atoms with Crippen LogP contribution >= 0.6 is 0 Å². The molecule has 34 heavy (non-hydrogen) atoms. The molecule has 0 bridgehead atoms. The molecule has 178 valence electrons. The first-order valence-corrected chi connectivity index (χ1v) is 10.4. The lowest BCUT2D eigenvalue weighted by molar-refractivity contribution is -0.137. The molecule has 4 rings (SSSR count). The van der Waals surface area contributed by atoms with Gasteiger partial charge in [0.2, 0.25) is 0 Å². The second-order valence-corrected chi connectivity index (χ2v) is 7.66. The van der Waals surface area contributed by atoms with E-state index < -0.39 is 23.6 Å². The third kappa shape index (κ3) is 4.44. The van der Waals surface area contributed by atoms with E-state index >= 15 is 0 Å². The summed E-state index contributed by atoms with van der Waals surface area (Å²) < 4.78 is 40.2. The Morgan fingerprint density at radius 2 is 1.97 bits per heavy atom. The summed E-state index contributed by atoms with van der Waals surface area (Å²) in [5.74, 6) is -0.784. The van der Waals surface area contributed by atoms with Crippen LogP contribution in [0.5, 0.6) is 0 Å². The monoisotopic (exact) mass is 474 g/mol. The average Bonchev–Trinajstić information content (AvgIpc) is 3.24. The minimum absolute atomic E-state index is 0.112. The van der Waals surface area contributed by atoms with Gasteiger partial charge in [-0.05, 0) is 43.3 Å². The molecule has 3 N–H and O–H groups in total. The van der Waals surface area contributed by atoms with Crippen LogP contribution in [0.2, 0.25) is 0 Å². The highest BCUT2D eigenvalue weighted by Gasteiger charge is 2.35. The number of benzene rings is 1. The van der Waals surface area contributed by atoms with E-state index in [0.29, 0.717) is 5.69 Å². The Morgan fingerprint density at radius 3 is 2.65 bits per heavy atom. The van der Waals surface area contributed by atoms with Gasteiger partial charge >= 0.3 is 6.18 Å². The fourth-order valence-electron chi connectivity index (χ4n) is 3.70. The zero-order chi connectivity index (χ0) is 24.5. The number of aromatic nitrogens is 3. The first kappa shape index (κ1) is 23.2. The van der Waals surface area contributed by atoms with Gasteiger partial charge in [0.25, 0.3) is 11.8 Å². The highest BCUT2D eigenvalue weighted by molar-refractivity contribution is 6.14. The number of hydrogen-bond donors (Lipinski definition) is 3. The SMILES string of the molecule is C[C@H]1CN(c2ccc(C(F)(F)F)cc2)C(=O)c2c(NC(=O)c3cccnc3NCCO)cnn21. The van der Waals surface area contributed by atoms with Crippen molar-refractivity contribution in [2.75, 3.05) is 35.2 Å². The topological polar surface area (TPSA) is 112 Å². The van der Waals surface area contributed by atoms with Gasteiger partial charge in [0.05, 0.1) is 35.7 Å². The van der Waals surface area contributed by atoms with Crippen molar-refractivity contribution < 1.29 is 27.9 Å². The number of hydrogen-bond acceptors (Lipinski definition) is 6. The number of carbonyl (C=O) groups is 2. The summed E-state index contributed by atoms with van der Waals surface area (Å²) in [5.41, 5.74) is -0.0332. The summed E-state index contributed by atoms with van der Waals surface area (Å²) in [4.78, 5) is 31.7. The third-order valence-electron chi connectivity index (χ3n) is 5.32. The third-order valence-corrected chi connectivity index (χ3v) is 5.32. The minimum atomic E-state index is -4.48. The van der Waals surface area contributed by atoms with E-state index in [1.165, 1.54) is 40.2 Å². The fourth-order valence-corrected chi connectivity index (χ4v) is 3.70. The van der Waals surface area contributed by atoms with Gasteiger partial charge in [-0.15, -0.1) is 0 Å². The number of pyridine rings is 1. The van der Waals surface area contributed by atoms with Crippen molar-refractivity contribution in [1.82, 2.24) is 14.8 Å². The predicted octanol–water partition coefficient (Wildman–Crippen LogP) is 3.17. The Bertz CT molecular complexity index is 1210. The molecule has 0 aliphatic carbocycles. The summed E-state index contributed by atoms with van der Waals surface area (Å²) in [6, 6.07) is 7.15. The number of anilines is 3. The van der Waals surface area contributed by atoms with Crippen molar-refractivity contribution >= 4 is 29.0 Å². The van der Waals surface area contributed by atoms with E-state index in [9.17, 15) is 22.8 Å². The van der Waals surface area contributed by atoms with Crippen LogP contribution in [0.15, 0.2) is 48.8 Å². The number of aliphatic hydroxyl groups is 1. The molecule has 0 saturated carbocycles. The Kier molecular flexibility index (Phi) is 6.24. The van der Waals surface area contributed by atoms with Crippen molar-refractivity contribution in [2.45, 2.75) is 19.1 Å². The first-order valence-electron chi connectivity index (χ1n) is 10.4. The quantitative estimate of drug-likeness (QED) is 0.506. The number of amides is 2. The lowest BCUT2D eigenvalue weighted by atomic mass is 10.1. The maximum atomic E-state index is 13.3. The molecule has 0 spiro atoms. The van der Waals surface area contributed by atoms with E-state index in [4.69, 9.17) is 5.11 Å². The smallest absolute Gasteiger partial charge is 0.395 e. The van der Waals surface area contributed by atoms with Crippen molar-refractivity contribution in [1.29, 1.82) is 0 Å². The molecule has 1 atom stereocenters. The Labute approximate surface area is 192 Å². The molecule has 3 aromatic rings. The standard InChI is InChI=1S/C22H21F3N6O3/c1-13-12-30(15-6-4-14(5-7-15)22(23,24)25)21(34)18-17(11-28-31(13)18)29-20(33)16-3-2-8-26-19(16)27-9-10-32/h2-8,11,13,32H,9-10,12H2,1H3,(H,26,27)(H,29,33)/t13-/m0/s1. The van der Waals surface area contributed by atoms with E-state index in [0.717, 1.165) is 12.1 Å². The molecule has 9 nitrogen and oxygen atoms in total. The summed E-state index contributed by atoms with van der Waals surface area (Å²) >= 11 is 0. The summed E-state index contributed by atoms with van der Waals surface area (Å²) in [6.07, 6.45) is -1.63. The van der Waals surface area contributed by atoms with E-state index in [1.807, 2.05) is 6.92 Å². The number of aliphatic hydroxyl groups excluding tert-OH is 1. The van der Waals surface area contributed by atoms with Crippen LogP contribution in [0, 0.1) is 0 Å². The number of carbonyl (C=O) groups excluding carboxylic acids is 2. The van der Waals surface area contributed by atoms with Crippen LogP contribution in [-0.2, 0) is 6.18 Å². The maximum Gasteiger partial charge on any atom is 0.416 e. The van der Waals surface area contributed by atoms with Crippen molar-refractivity contribution in [3.05, 3.63) is 65.6 Å². The van der Waals surface area contributed by atoms with E-state index in [-0.39, 0.29) is 48.5 Å². The van der Waals surface area contributed by atoms with Crippen molar-refractivity contribution in [3.8, 4) is 0 Å². The molecule has 2 amide bonds. The zero-order valence-corrected chi connectivity index (χ0v) is 18.0. The molecule has 0 saturated heterocycles. The molecular weight excluding hydrogens is 453 g/mol. The number of alkyl halides is 3. The van der Waals surface area contributed by atoms with Crippen molar-refractivity contribution in [2.24, 2.45) is 0 Å². The van der Waals surface area contributed by atoms with Gasteiger partial charge in [-0.25, -0.2) is 4.98 Å². The lowest BCUT2D eigenvalue weighted by Gasteiger charge is -2.32. The molecule has 1 aromatic carbocycles. The van der Waals surface area contributed by atoms with Gasteiger partial charge in [0, 0.05) is 25.0 Å². The molecule has 2 aromatic heterocycles. The Morgan fingerprint density at radius 1 is 1.24 bits per heavy atom. The maximum absolute atomic E-state index is 13.3. The van der Waals surface area contributed by atoms with Crippen molar-refractivity contribution in [3.63, 3.8) is 0 Å².